The second-order valence-corrected chi connectivity index (χ2v) is 3.56. The van der Waals surface area contributed by atoms with Crippen LogP contribution in [-0.4, -0.2) is 35.2 Å². The predicted octanol–water partition coefficient (Wildman–Crippen LogP) is 1.64. The van der Waals surface area contributed by atoms with Gasteiger partial charge in [0.05, 0.1) is 11.3 Å². The number of hydrogen-bond acceptors (Lipinski definition) is 2. The lowest BCUT2D eigenvalue weighted by Crippen LogP contribution is -2.27. The monoisotopic (exact) mass is 224 g/mol. The minimum absolute atomic E-state index is 0.210. The lowest BCUT2D eigenvalue weighted by molar-refractivity contribution is 0.0698. The second-order valence-electron chi connectivity index (χ2n) is 3.18. The van der Waals surface area contributed by atoms with Crippen molar-refractivity contribution < 1.29 is 9.90 Å². The van der Waals surface area contributed by atoms with Gasteiger partial charge in [-0.05, 0) is 24.4 Å². The van der Waals surface area contributed by atoms with Crippen LogP contribution in [0, 0.1) is 0 Å². The van der Waals surface area contributed by atoms with Crippen LogP contribution in [0.3, 0.4) is 0 Å². The number of thiocarbonyl (C=S) groups is 1. The Morgan fingerprint density at radius 2 is 2.00 bits per heavy atom. The van der Waals surface area contributed by atoms with Gasteiger partial charge in [-0.15, -0.1) is 0 Å². The Bertz CT molecular complexity index is 391. The van der Waals surface area contributed by atoms with Crippen LogP contribution in [0.1, 0.15) is 10.4 Å². The molecule has 1 rings (SSSR count). The summed E-state index contributed by atoms with van der Waals surface area (Å²) >= 11 is 5.03. The van der Waals surface area contributed by atoms with Crippen LogP contribution in [0.4, 0.5) is 5.69 Å². The zero-order chi connectivity index (χ0) is 11.4. The van der Waals surface area contributed by atoms with Gasteiger partial charge < -0.3 is 15.3 Å². The third-order valence-corrected chi connectivity index (χ3v) is 2.27. The molecule has 80 valence electrons. The average Bonchev–Trinajstić information content (AvgIpc) is 2.18. The van der Waals surface area contributed by atoms with Gasteiger partial charge in [0.1, 0.15) is 0 Å². The standard InChI is InChI=1S/C10H12N2O2S/c1-12(2)10(15)11-8-6-4-3-5-7(8)9(13)14/h3-6H,1-2H3,(H,11,15)(H,13,14). The molecule has 0 bridgehead atoms. The van der Waals surface area contributed by atoms with Crippen molar-refractivity contribution in [2.45, 2.75) is 0 Å². The minimum Gasteiger partial charge on any atom is -0.478 e. The molecule has 2 N–H and O–H groups in total. The number of carboxylic acid groups (broad SMARTS) is 1. The highest BCUT2D eigenvalue weighted by molar-refractivity contribution is 7.80. The quantitative estimate of drug-likeness (QED) is 0.748. The summed E-state index contributed by atoms with van der Waals surface area (Å²) in [6.07, 6.45) is 0. The van der Waals surface area contributed by atoms with Gasteiger partial charge in [-0.2, -0.15) is 0 Å². The van der Waals surface area contributed by atoms with Crippen molar-refractivity contribution in [2.75, 3.05) is 19.4 Å². The van der Waals surface area contributed by atoms with Crippen LogP contribution in [0.15, 0.2) is 24.3 Å². The molecule has 1 aromatic rings. The molecule has 0 heterocycles. The van der Waals surface area contributed by atoms with Gasteiger partial charge in [-0.1, -0.05) is 12.1 Å². The number of benzene rings is 1. The maximum atomic E-state index is 10.9. The molecule has 0 fully saturated rings. The summed E-state index contributed by atoms with van der Waals surface area (Å²) in [5, 5.41) is 12.3. The molecule has 0 saturated heterocycles. The van der Waals surface area contributed by atoms with Crippen molar-refractivity contribution in [3.8, 4) is 0 Å². The summed E-state index contributed by atoms with van der Waals surface area (Å²) in [5.41, 5.74) is 0.713. The molecule has 0 amide bonds. The Morgan fingerprint density at radius 3 is 2.53 bits per heavy atom. The maximum Gasteiger partial charge on any atom is 0.337 e. The number of anilines is 1. The fraction of sp³-hybridized carbons (Fsp3) is 0.200. The number of hydrogen-bond donors (Lipinski definition) is 2. The van der Waals surface area contributed by atoms with E-state index in [1.165, 1.54) is 6.07 Å². The molecule has 4 nitrogen and oxygen atoms in total. The van der Waals surface area contributed by atoms with Gasteiger partial charge in [0, 0.05) is 14.1 Å². The number of nitrogens with zero attached hydrogens (tertiary/aromatic N) is 1. The lowest BCUT2D eigenvalue weighted by atomic mass is 10.2. The molecule has 0 atom stereocenters. The summed E-state index contributed by atoms with van der Waals surface area (Å²) in [7, 11) is 3.58. The van der Waals surface area contributed by atoms with Crippen molar-refractivity contribution in [2.24, 2.45) is 0 Å². The van der Waals surface area contributed by atoms with E-state index in [1.807, 2.05) is 0 Å². The van der Waals surface area contributed by atoms with E-state index >= 15 is 0 Å². The largest absolute Gasteiger partial charge is 0.478 e. The molecule has 0 aliphatic carbocycles. The van der Waals surface area contributed by atoms with Crippen LogP contribution in [0.2, 0.25) is 0 Å². The number of carboxylic acids is 1. The molecule has 5 heteroatoms. The first-order valence-corrected chi connectivity index (χ1v) is 4.74. The van der Waals surface area contributed by atoms with E-state index in [4.69, 9.17) is 17.3 Å². The molecule has 0 saturated carbocycles. The van der Waals surface area contributed by atoms with Crippen molar-refractivity contribution in [3.63, 3.8) is 0 Å². The van der Waals surface area contributed by atoms with Gasteiger partial charge in [0.2, 0.25) is 0 Å². The SMILES string of the molecule is CN(C)C(=S)Nc1ccccc1C(=O)O. The van der Waals surface area contributed by atoms with E-state index in [0.717, 1.165) is 0 Å². The van der Waals surface area contributed by atoms with Crippen LogP contribution in [-0.2, 0) is 0 Å². The number of nitrogens with one attached hydrogen (secondary N) is 1. The first-order valence-electron chi connectivity index (χ1n) is 4.33. The highest BCUT2D eigenvalue weighted by atomic mass is 32.1. The zero-order valence-corrected chi connectivity index (χ0v) is 9.34. The van der Waals surface area contributed by atoms with Gasteiger partial charge in [0.15, 0.2) is 5.11 Å². The second kappa shape index (κ2) is 4.75. The third kappa shape index (κ3) is 2.92. The molecule has 0 aliphatic heterocycles. The number of rotatable bonds is 2. The van der Waals surface area contributed by atoms with Crippen molar-refractivity contribution in [1.82, 2.24) is 4.90 Å². The summed E-state index contributed by atoms with van der Waals surface area (Å²) in [5.74, 6) is -0.973. The fourth-order valence-electron chi connectivity index (χ4n) is 1.01. The molecule has 0 spiro atoms. The van der Waals surface area contributed by atoms with Crippen LogP contribution < -0.4 is 5.32 Å². The highest BCUT2D eigenvalue weighted by Crippen LogP contribution is 2.15. The average molecular weight is 224 g/mol. The summed E-state index contributed by atoms with van der Waals surface area (Å²) in [4.78, 5) is 12.6. The van der Waals surface area contributed by atoms with Gasteiger partial charge in [0.25, 0.3) is 0 Å². The first kappa shape index (κ1) is 11.5. The number of carbonyl (C=O) groups is 1. The van der Waals surface area contributed by atoms with Crippen molar-refractivity contribution in [3.05, 3.63) is 29.8 Å². The number of aromatic carboxylic acids is 1. The summed E-state index contributed by atoms with van der Waals surface area (Å²) < 4.78 is 0. The van der Waals surface area contributed by atoms with E-state index in [9.17, 15) is 4.79 Å². The molecule has 15 heavy (non-hydrogen) atoms. The summed E-state index contributed by atoms with van der Waals surface area (Å²) in [6.45, 7) is 0. The highest BCUT2D eigenvalue weighted by Gasteiger charge is 2.10. The molecule has 0 aromatic heterocycles. The van der Waals surface area contributed by atoms with Gasteiger partial charge in [-0.3, -0.25) is 0 Å². The Kier molecular flexibility index (Phi) is 3.62. The Labute approximate surface area is 93.5 Å². The number of para-hydroxylation sites is 1. The minimum atomic E-state index is -0.973. The molecular formula is C10H12N2O2S. The van der Waals surface area contributed by atoms with E-state index in [-0.39, 0.29) is 5.56 Å². The molecule has 0 unspecified atom stereocenters. The van der Waals surface area contributed by atoms with E-state index < -0.39 is 5.97 Å². The van der Waals surface area contributed by atoms with E-state index in [0.29, 0.717) is 10.8 Å². The Hall–Kier alpha value is -1.62. The third-order valence-electron chi connectivity index (χ3n) is 1.81. The summed E-state index contributed by atoms with van der Waals surface area (Å²) in [6, 6.07) is 6.64. The van der Waals surface area contributed by atoms with E-state index in [2.05, 4.69) is 5.32 Å². The predicted molar refractivity (Wildman–Crippen MR) is 63.3 cm³/mol. The topological polar surface area (TPSA) is 52.6 Å². The lowest BCUT2D eigenvalue weighted by Gasteiger charge is -2.16. The van der Waals surface area contributed by atoms with Crippen LogP contribution in [0.25, 0.3) is 0 Å². The molecule has 0 radical (unpaired) electrons. The van der Waals surface area contributed by atoms with Gasteiger partial charge >= 0.3 is 5.97 Å². The first-order chi connectivity index (χ1) is 7.02. The zero-order valence-electron chi connectivity index (χ0n) is 8.52. The Morgan fingerprint density at radius 1 is 1.40 bits per heavy atom. The fourth-order valence-corrected chi connectivity index (χ4v) is 1.12. The Balaban J connectivity index is 2.94. The molecule has 0 aliphatic rings. The smallest absolute Gasteiger partial charge is 0.337 e. The van der Waals surface area contributed by atoms with Crippen molar-refractivity contribution >= 4 is 29.0 Å². The van der Waals surface area contributed by atoms with E-state index in [1.54, 1.807) is 37.2 Å². The van der Waals surface area contributed by atoms with Crippen LogP contribution >= 0.6 is 12.2 Å². The van der Waals surface area contributed by atoms with Crippen molar-refractivity contribution in [1.29, 1.82) is 0 Å². The normalized spacial score (nSPS) is 9.47. The molecule has 1 aromatic carbocycles. The molecular weight excluding hydrogens is 212 g/mol. The van der Waals surface area contributed by atoms with Crippen LogP contribution in [0.5, 0.6) is 0 Å². The maximum absolute atomic E-state index is 10.9. The van der Waals surface area contributed by atoms with Gasteiger partial charge in [-0.25, -0.2) is 4.79 Å².